The minimum Gasteiger partial charge on any atom is -0.355 e. The average Bonchev–Trinajstić information content (AvgIpc) is 2.84. The van der Waals surface area contributed by atoms with Crippen molar-refractivity contribution >= 4 is 23.1 Å². The molecule has 0 radical (unpaired) electrons. The van der Waals surface area contributed by atoms with Crippen molar-refractivity contribution in [2.75, 3.05) is 38.1 Å². The largest absolute Gasteiger partial charge is 0.355 e. The molecule has 0 spiro atoms. The van der Waals surface area contributed by atoms with Gasteiger partial charge in [0.25, 0.3) is 0 Å². The van der Waals surface area contributed by atoms with Crippen LogP contribution in [0.4, 0.5) is 5.82 Å². The predicted molar refractivity (Wildman–Crippen MR) is 104 cm³/mol. The molecule has 0 unspecified atom stereocenters. The van der Waals surface area contributed by atoms with Gasteiger partial charge in [0.15, 0.2) is 5.43 Å². The molecule has 128 valence electrons. The van der Waals surface area contributed by atoms with Gasteiger partial charge < -0.3 is 14.2 Å². The van der Waals surface area contributed by atoms with Crippen LogP contribution < -0.4 is 10.3 Å². The molecule has 0 atom stereocenters. The topological polar surface area (TPSA) is 28.0 Å². The molecule has 2 aromatic heterocycles. The third-order valence-corrected chi connectivity index (χ3v) is 5.67. The molecule has 5 heteroatoms. The summed E-state index contributed by atoms with van der Waals surface area (Å²) in [4.78, 5) is 19.0. The van der Waals surface area contributed by atoms with E-state index in [9.17, 15) is 4.79 Å². The van der Waals surface area contributed by atoms with E-state index in [2.05, 4.69) is 51.6 Å². The highest BCUT2D eigenvalue weighted by molar-refractivity contribution is 7.99. The second kappa shape index (κ2) is 6.94. The van der Waals surface area contributed by atoms with Crippen molar-refractivity contribution in [2.45, 2.75) is 9.79 Å². The summed E-state index contributed by atoms with van der Waals surface area (Å²) < 4.78 is 2.15. The van der Waals surface area contributed by atoms with E-state index in [0.717, 1.165) is 37.5 Å². The third-order valence-electron chi connectivity index (χ3n) is 4.61. The molecule has 0 aliphatic carbocycles. The summed E-state index contributed by atoms with van der Waals surface area (Å²) in [5, 5.41) is 0. The maximum atomic E-state index is 11.8. The van der Waals surface area contributed by atoms with Crippen LogP contribution in [0, 0.1) is 0 Å². The van der Waals surface area contributed by atoms with Gasteiger partial charge in [-0.1, -0.05) is 30.0 Å². The number of nitrogens with zero attached hydrogens (tertiary/aromatic N) is 3. The zero-order valence-corrected chi connectivity index (χ0v) is 15.1. The van der Waals surface area contributed by atoms with Crippen molar-refractivity contribution in [2.24, 2.45) is 0 Å². The first-order chi connectivity index (χ1) is 12.2. The highest BCUT2D eigenvalue weighted by atomic mass is 32.2. The van der Waals surface area contributed by atoms with Crippen molar-refractivity contribution in [3.63, 3.8) is 0 Å². The molecule has 1 aliphatic rings. The Balaban J connectivity index is 1.80. The van der Waals surface area contributed by atoms with Crippen molar-refractivity contribution in [3.05, 3.63) is 71.0 Å². The molecule has 1 aliphatic heterocycles. The lowest BCUT2D eigenvalue weighted by atomic mass is 10.3. The standard InChI is InChI=1S/C20H21N3OS/c1-21-11-13-22(14-12-21)20-15-19(25-17-5-3-2-4-6-17)18-8-7-16(24)9-10-23(18)20/h2-10,15H,11-14H2,1H3. The lowest BCUT2D eigenvalue weighted by Gasteiger charge is -2.33. The number of aromatic nitrogens is 1. The zero-order valence-electron chi connectivity index (χ0n) is 14.3. The molecule has 1 fully saturated rings. The smallest absolute Gasteiger partial charge is 0.180 e. The molecule has 0 bridgehead atoms. The Bertz CT molecular complexity index is 931. The Kier molecular flexibility index (Phi) is 4.51. The number of anilines is 1. The van der Waals surface area contributed by atoms with Crippen LogP contribution in [0.15, 0.2) is 75.4 Å². The van der Waals surface area contributed by atoms with Gasteiger partial charge in [0.05, 0.1) is 5.52 Å². The van der Waals surface area contributed by atoms with E-state index in [1.165, 1.54) is 9.79 Å². The summed E-state index contributed by atoms with van der Waals surface area (Å²) in [6, 6.07) is 17.9. The van der Waals surface area contributed by atoms with Gasteiger partial charge in [-0.25, -0.2) is 0 Å². The van der Waals surface area contributed by atoms with Gasteiger partial charge in [0.1, 0.15) is 5.82 Å². The second-order valence-electron chi connectivity index (χ2n) is 6.38. The molecule has 0 amide bonds. The number of rotatable bonds is 3. The van der Waals surface area contributed by atoms with Crippen molar-refractivity contribution in [1.82, 2.24) is 9.30 Å². The summed E-state index contributed by atoms with van der Waals surface area (Å²) in [5.41, 5.74) is 1.11. The Hall–Kier alpha value is -2.24. The molecule has 1 aromatic carbocycles. The first-order valence-corrected chi connectivity index (χ1v) is 9.34. The number of piperazine rings is 1. The lowest BCUT2D eigenvalue weighted by molar-refractivity contribution is 0.312. The highest BCUT2D eigenvalue weighted by Gasteiger charge is 2.19. The van der Waals surface area contributed by atoms with Crippen LogP contribution in [0.25, 0.3) is 5.52 Å². The summed E-state index contributed by atoms with van der Waals surface area (Å²) in [7, 11) is 2.16. The van der Waals surface area contributed by atoms with Crippen LogP contribution in [-0.2, 0) is 0 Å². The van der Waals surface area contributed by atoms with E-state index >= 15 is 0 Å². The molecule has 3 aromatic rings. The Labute approximate surface area is 151 Å². The quantitative estimate of drug-likeness (QED) is 0.724. The number of likely N-dealkylation sites (N-methyl/N-ethyl adjacent to an activating group) is 1. The van der Waals surface area contributed by atoms with E-state index in [1.54, 1.807) is 23.9 Å². The number of hydrogen-bond donors (Lipinski definition) is 0. The normalized spacial score (nSPS) is 15.6. The summed E-state index contributed by atoms with van der Waals surface area (Å²) in [6.45, 7) is 4.11. The number of hydrogen-bond acceptors (Lipinski definition) is 4. The van der Waals surface area contributed by atoms with Crippen LogP contribution in [-0.4, -0.2) is 42.5 Å². The average molecular weight is 351 g/mol. The lowest BCUT2D eigenvalue weighted by Crippen LogP contribution is -2.44. The number of benzene rings is 1. The number of fused-ring (bicyclic) bond motifs is 1. The van der Waals surface area contributed by atoms with E-state index in [0.29, 0.717) is 0 Å². The highest BCUT2D eigenvalue weighted by Crippen LogP contribution is 2.35. The second-order valence-corrected chi connectivity index (χ2v) is 7.49. The SMILES string of the molecule is CN1CCN(c2cc(Sc3ccccc3)c3ccc(=O)ccn23)CC1. The van der Waals surface area contributed by atoms with Gasteiger partial charge in [0.2, 0.25) is 0 Å². The predicted octanol–water partition coefficient (Wildman–Crippen LogP) is 3.20. The van der Waals surface area contributed by atoms with Crippen LogP contribution >= 0.6 is 11.8 Å². The Morgan fingerprint density at radius 2 is 1.68 bits per heavy atom. The summed E-state index contributed by atoms with van der Waals surface area (Å²) >= 11 is 1.74. The fraction of sp³-hybridized carbons (Fsp3) is 0.250. The molecule has 4 rings (SSSR count). The van der Waals surface area contributed by atoms with Crippen molar-refractivity contribution < 1.29 is 0 Å². The van der Waals surface area contributed by atoms with Gasteiger partial charge >= 0.3 is 0 Å². The fourth-order valence-electron chi connectivity index (χ4n) is 3.16. The van der Waals surface area contributed by atoms with Gasteiger partial charge in [-0.15, -0.1) is 0 Å². The van der Waals surface area contributed by atoms with E-state index < -0.39 is 0 Å². The monoisotopic (exact) mass is 351 g/mol. The first-order valence-electron chi connectivity index (χ1n) is 8.52. The molecule has 0 N–H and O–H groups in total. The third kappa shape index (κ3) is 3.43. The van der Waals surface area contributed by atoms with Crippen LogP contribution in [0.1, 0.15) is 0 Å². The molecular weight excluding hydrogens is 330 g/mol. The van der Waals surface area contributed by atoms with Gasteiger partial charge in [0, 0.05) is 48.2 Å². The van der Waals surface area contributed by atoms with Gasteiger partial charge in [-0.2, -0.15) is 0 Å². The summed E-state index contributed by atoms with van der Waals surface area (Å²) in [6.07, 6.45) is 1.90. The van der Waals surface area contributed by atoms with E-state index in [4.69, 9.17) is 0 Å². The molecule has 1 saturated heterocycles. The first kappa shape index (κ1) is 16.2. The molecule has 0 saturated carbocycles. The van der Waals surface area contributed by atoms with Crippen molar-refractivity contribution in [1.29, 1.82) is 0 Å². The van der Waals surface area contributed by atoms with E-state index in [1.807, 2.05) is 18.3 Å². The van der Waals surface area contributed by atoms with Gasteiger partial charge in [-0.3, -0.25) is 4.79 Å². The fourth-order valence-corrected chi connectivity index (χ4v) is 4.15. The maximum Gasteiger partial charge on any atom is 0.180 e. The molecule has 4 nitrogen and oxygen atoms in total. The van der Waals surface area contributed by atoms with Gasteiger partial charge in [-0.05, 0) is 37.4 Å². The minimum absolute atomic E-state index is 0.0312. The zero-order chi connectivity index (χ0) is 17.2. The Morgan fingerprint density at radius 1 is 0.920 bits per heavy atom. The maximum absolute atomic E-state index is 11.8. The molecule has 25 heavy (non-hydrogen) atoms. The van der Waals surface area contributed by atoms with Crippen LogP contribution in [0.3, 0.4) is 0 Å². The van der Waals surface area contributed by atoms with E-state index in [-0.39, 0.29) is 5.43 Å². The van der Waals surface area contributed by atoms with Crippen LogP contribution in [0.5, 0.6) is 0 Å². The van der Waals surface area contributed by atoms with Crippen molar-refractivity contribution in [3.8, 4) is 0 Å². The van der Waals surface area contributed by atoms with Crippen LogP contribution in [0.2, 0.25) is 0 Å². The molecular formula is C20H21N3OS. The summed E-state index contributed by atoms with van der Waals surface area (Å²) in [5.74, 6) is 1.16. The Morgan fingerprint density at radius 3 is 2.44 bits per heavy atom. The molecule has 3 heterocycles. The minimum atomic E-state index is 0.0312.